The number of hydrogen-bond acceptors (Lipinski definition) is 15. The zero-order valence-electron chi connectivity index (χ0n) is 41.8. The van der Waals surface area contributed by atoms with Gasteiger partial charge in [0.05, 0.1) is 12.5 Å². The Balaban J connectivity index is 1.59. The average Bonchev–Trinajstić information content (AvgIpc) is 3.78. The summed E-state index contributed by atoms with van der Waals surface area (Å²) in [6, 6.07) is 6.99. The number of para-hydroxylation sites is 1. The van der Waals surface area contributed by atoms with E-state index in [9.17, 15) is 53.4 Å². The monoisotopic (exact) mass is 1200 g/mol. The Morgan fingerprint density at radius 2 is 1.42 bits per heavy atom. The minimum atomic E-state index is -1.69. The number of amides is 8. The van der Waals surface area contributed by atoms with E-state index in [-0.39, 0.29) is 49.5 Å². The number of benzene rings is 3. The van der Waals surface area contributed by atoms with E-state index >= 15 is 0 Å². The van der Waals surface area contributed by atoms with Crippen LogP contribution in [-0.2, 0) is 62.4 Å². The molecule has 2 heterocycles. The number of aliphatic carboxylic acids is 1. The molecule has 0 bridgehead atoms. The fourth-order valence-corrected chi connectivity index (χ4v) is 10.9. The standard InChI is InChI=1S/C50H65IN12O11S2/c1-25(2)42-50(74)62-40(48(72)58-36(43(55)67)21-41(65)66)24-76-75-23-39(61-44(68)33(54)18-27-12-15-32(53)31(51)17-27)49(73)59-37(19-26-10-13-29(64)14-11-26)46(70)60-38(20-28-22-56-34-8-4-3-7-30(28)34)47(71)57-35(45(69)63-42)9-5-6-16-52/h3-4,7-8,10-15,17,22,25,33,35-40,42,56,64H,5-6,9,16,18-21,23-24,52-54H2,1-2H3,(H2,55,67)(H,57,71)(H,58,72)(H,59,73)(H,60,70)(H,61,68)(H,62,74)(H,63,69)(H,65,66)/t33-,35+,36+,37+,38-,39+,40+,42+/m1/s1. The first kappa shape index (κ1) is 60.2. The van der Waals surface area contributed by atoms with E-state index < -0.39 is 114 Å². The molecule has 0 aliphatic carbocycles. The van der Waals surface area contributed by atoms with Gasteiger partial charge in [-0.1, -0.05) is 71.8 Å². The number of carboxylic acids is 1. The molecule has 4 aromatic rings. The molecule has 1 fully saturated rings. The van der Waals surface area contributed by atoms with Gasteiger partial charge in [0, 0.05) is 50.7 Å². The summed E-state index contributed by atoms with van der Waals surface area (Å²) in [5.74, 6) is -9.73. The normalized spacial score (nSPS) is 21.2. The van der Waals surface area contributed by atoms with Crippen molar-refractivity contribution in [1.29, 1.82) is 0 Å². The van der Waals surface area contributed by atoms with E-state index in [0.29, 0.717) is 35.2 Å². The molecule has 0 spiro atoms. The molecule has 1 aliphatic rings. The molecule has 0 saturated carbocycles. The lowest BCUT2D eigenvalue weighted by molar-refractivity contribution is -0.140. The molecule has 5 rings (SSSR count). The highest BCUT2D eigenvalue weighted by atomic mass is 127. The molecule has 23 nitrogen and oxygen atoms in total. The highest BCUT2D eigenvalue weighted by Gasteiger charge is 2.36. The summed E-state index contributed by atoms with van der Waals surface area (Å²) < 4.78 is 0.728. The number of halogens is 1. The van der Waals surface area contributed by atoms with Gasteiger partial charge in [-0.15, -0.1) is 0 Å². The lowest BCUT2D eigenvalue weighted by Gasteiger charge is -2.29. The molecule has 76 heavy (non-hydrogen) atoms. The molecule has 18 N–H and O–H groups in total. The van der Waals surface area contributed by atoms with Crippen LogP contribution in [0.25, 0.3) is 10.9 Å². The Kier molecular flexibility index (Phi) is 23.0. The number of carboxylic acid groups (broad SMARTS) is 1. The smallest absolute Gasteiger partial charge is 0.305 e. The fourth-order valence-electron chi connectivity index (χ4n) is 8.03. The summed E-state index contributed by atoms with van der Waals surface area (Å²) in [5.41, 5.74) is 26.7. The van der Waals surface area contributed by atoms with Crippen LogP contribution in [0, 0.1) is 9.49 Å². The van der Waals surface area contributed by atoms with Crippen LogP contribution in [0.15, 0.2) is 72.9 Å². The highest BCUT2D eigenvalue weighted by Crippen LogP contribution is 2.25. The summed E-state index contributed by atoms with van der Waals surface area (Å²) >= 11 is 2.05. The van der Waals surface area contributed by atoms with E-state index in [1.54, 1.807) is 56.4 Å². The number of carbonyl (C=O) groups is 9. The van der Waals surface area contributed by atoms with E-state index in [4.69, 9.17) is 22.9 Å². The molecule has 26 heteroatoms. The van der Waals surface area contributed by atoms with Crippen molar-refractivity contribution in [3.05, 3.63) is 93.2 Å². The van der Waals surface area contributed by atoms with Crippen LogP contribution < -0.4 is 60.2 Å². The number of nitrogen functional groups attached to an aromatic ring is 1. The summed E-state index contributed by atoms with van der Waals surface area (Å²) in [6.45, 7) is 3.52. The predicted octanol–water partition coefficient (Wildman–Crippen LogP) is -0.0509. The molecule has 410 valence electrons. The Bertz CT molecular complexity index is 2730. The van der Waals surface area contributed by atoms with Gasteiger partial charge in [0.25, 0.3) is 0 Å². The largest absolute Gasteiger partial charge is 0.508 e. The van der Waals surface area contributed by atoms with Gasteiger partial charge < -0.3 is 75.3 Å². The van der Waals surface area contributed by atoms with Gasteiger partial charge >= 0.3 is 5.97 Å². The van der Waals surface area contributed by atoms with Crippen molar-refractivity contribution < 1.29 is 53.4 Å². The summed E-state index contributed by atoms with van der Waals surface area (Å²) in [5, 5.41) is 38.9. The number of phenols is 1. The number of aromatic nitrogens is 1. The van der Waals surface area contributed by atoms with Crippen LogP contribution in [0.5, 0.6) is 5.75 Å². The first-order valence-corrected chi connectivity index (χ1v) is 27.9. The van der Waals surface area contributed by atoms with Crippen molar-refractivity contribution in [1.82, 2.24) is 42.2 Å². The lowest BCUT2D eigenvalue weighted by Crippen LogP contribution is -2.61. The third-order valence-corrected chi connectivity index (χ3v) is 15.6. The van der Waals surface area contributed by atoms with Crippen LogP contribution in [-0.4, -0.2) is 135 Å². The summed E-state index contributed by atoms with van der Waals surface area (Å²) in [7, 11) is 1.92. The molecule has 8 amide bonds. The highest BCUT2D eigenvalue weighted by molar-refractivity contribution is 14.1. The number of rotatable bonds is 18. The molecule has 1 saturated heterocycles. The number of phenolic OH excluding ortho intramolecular Hbond substituents is 1. The maximum atomic E-state index is 14.8. The second kappa shape index (κ2) is 29.0. The zero-order chi connectivity index (χ0) is 55.6. The molecular weight excluding hydrogens is 1140 g/mol. The van der Waals surface area contributed by atoms with Gasteiger partial charge in [-0.2, -0.15) is 0 Å². The minimum absolute atomic E-state index is 0.0421. The van der Waals surface area contributed by atoms with Gasteiger partial charge in [-0.05, 0) is 108 Å². The number of hydrogen-bond donors (Lipinski definition) is 14. The number of primary amides is 1. The molecule has 3 aromatic carbocycles. The number of H-pyrrole nitrogens is 1. The Morgan fingerprint density at radius 3 is 2.08 bits per heavy atom. The molecule has 1 aromatic heterocycles. The first-order valence-electron chi connectivity index (χ1n) is 24.3. The van der Waals surface area contributed by atoms with Gasteiger partial charge in [0.1, 0.15) is 48.0 Å². The number of nitrogens with two attached hydrogens (primary N) is 4. The SMILES string of the molecule is CC(C)[C@@H]1NC(=O)[C@H](CCCCN)NC(=O)[C@@H](Cc2c[nH]c3ccccc23)NC(=O)[C@H](Cc2ccc(O)cc2)NC(=O)[C@@H](NC(=O)[C@H](N)Cc2ccc(N)c(I)c2)CSSC[C@@H](C(=O)N[C@@H](CC(=O)O)C(N)=O)NC1=O. The van der Waals surface area contributed by atoms with Gasteiger partial charge in [0.2, 0.25) is 47.3 Å². The van der Waals surface area contributed by atoms with Crippen molar-refractivity contribution in [2.24, 2.45) is 23.1 Å². The van der Waals surface area contributed by atoms with Crippen molar-refractivity contribution in [3.63, 3.8) is 0 Å². The van der Waals surface area contributed by atoms with Crippen molar-refractivity contribution in [3.8, 4) is 5.75 Å². The number of aromatic hydroxyl groups is 1. The zero-order valence-corrected chi connectivity index (χ0v) is 45.6. The second-order valence-corrected chi connectivity index (χ2v) is 22.3. The summed E-state index contributed by atoms with van der Waals surface area (Å²) in [6.07, 6.45) is 1.41. The number of aromatic amines is 1. The first-order chi connectivity index (χ1) is 36.1. The molecule has 0 unspecified atom stereocenters. The maximum Gasteiger partial charge on any atom is 0.305 e. The van der Waals surface area contributed by atoms with Crippen molar-refractivity contribution >= 4 is 114 Å². The predicted molar refractivity (Wildman–Crippen MR) is 297 cm³/mol. The summed E-state index contributed by atoms with van der Waals surface area (Å²) in [4.78, 5) is 128. The quantitative estimate of drug-likeness (QED) is 0.0269. The van der Waals surface area contributed by atoms with Gasteiger partial charge in [-0.3, -0.25) is 43.2 Å². The maximum absolute atomic E-state index is 14.8. The van der Waals surface area contributed by atoms with Crippen LogP contribution in [0.3, 0.4) is 0 Å². The van der Waals surface area contributed by atoms with Crippen LogP contribution in [0.4, 0.5) is 5.69 Å². The molecule has 8 atom stereocenters. The fraction of sp³-hybridized carbons (Fsp3) is 0.420. The third kappa shape index (κ3) is 18.0. The molecule has 0 radical (unpaired) electrons. The van der Waals surface area contributed by atoms with E-state index in [1.807, 2.05) is 40.8 Å². The van der Waals surface area contributed by atoms with Crippen LogP contribution in [0.2, 0.25) is 0 Å². The van der Waals surface area contributed by atoms with Gasteiger partial charge in [0.15, 0.2) is 0 Å². The van der Waals surface area contributed by atoms with Crippen molar-refractivity contribution in [2.45, 2.75) is 107 Å². The number of fused-ring (bicyclic) bond motifs is 1. The number of nitrogens with one attached hydrogen (secondary N) is 8. The Hall–Kier alpha value is -6.62. The topological polar surface area (TPSA) is 398 Å². The average molecular weight is 1200 g/mol. The molecule has 1 aliphatic heterocycles. The second-order valence-electron chi connectivity index (χ2n) is 18.6. The Labute approximate surface area is 460 Å². The number of anilines is 1. The van der Waals surface area contributed by atoms with Crippen LogP contribution in [0.1, 0.15) is 56.2 Å². The number of unbranched alkanes of at least 4 members (excludes halogenated alkanes) is 1. The minimum Gasteiger partial charge on any atom is -0.508 e. The number of carbonyl (C=O) groups excluding carboxylic acids is 8. The van der Waals surface area contributed by atoms with Gasteiger partial charge in [-0.25, -0.2) is 0 Å². The third-order valence-electron chi connectivity index (χ3n) is 12.3. The molecular formula is C50H65IN12O11S2. The van der Waals surface area contributed by atoms with Crippen molar-refractivity contribution in [2.75, 3.05) is 23.8 Å². The van der Waals surface area contributed by atoms with E-state index in [1.165, 1.54) is 12.1 Å². The van der Waals surface area contributed by atoms with E-state index in [2.05, 4.69) is 42.2 Å². The Morgan fingerprint density at radius 1 is 0.789 bits per heavy atom. The van der Waals surface area contributed by atoms with Crippen LogP contribution >= 0.6 is 44.2 Å². The van der Waals surface area contributed by atoms with E-state index in [0.717, 1.165) is 36.1 Å². The lowest BCUT2D eigenvalue weighted by atomic mass is 10.00.